The van der Waals surface area contributed by atoms with Gasteiger partial charge in [0.05, 0.1) is 5.69 Å². The number of H-pyrrole nitrogens is 1. The molecular weight excluding hydrogens is 218 g/mol. The lowest BCUT2D eigenvalue weighted by molar-refractivity contribution is 0.890. The molecule has 1 aromatic heterocycles. The third-order valence-corrected chi connectivity index (χ3v) is 4.01. The lowest BCUT2D eigenvalue weighted by atomic mass is 10.1. The van der Waals surface area contributed by atoms with E-state index in [0.29, 0.717) is 5.82 Å². The van der Waals surface area contributed by atoms with Crippen LogP contribution < -0.4 is 5.73 Å². The van der Waals surface area contributed by atoms with Gasteiger partial charge in [0, 0.05) is 16.5 Å². The van der Waals surface area contributed by atoms with Crippen molar-refractivity contribution in [3.8, 4) is 11.3 Å². The number of fused-ring (bicyclic) bond motifs is 1. The van der Waals surface area contributed by atoms with Crippen molar-refractivity contribution in [2.75, 3.05) is 11.5 Å². The Bertz CT molecular complexity index is 519. The van der Waals surface area contributed by atoms with E-state index in [1.165, 1.54) is 29.1 Å². The molecule has 3 N–H and O–H groups in total. The van der Waals surface area contributed by atoms with Crippen LogP contribution in [0.4, 0.5) is 5.82 Å². The largest absolute Gasteiger partial charge is 0.382 e. The van der Waals surface area contributed by atoms with Gasteiger partial charge in [-0.05, 0) is 30.2 Å². The maximum atomic E-state index is 5.61. The summed E-state index contributed by atoms with van der Waals surface area (Å²) in [6, 6.07) is 8.45. The number of nitrogens with zero attached hydrogens (tertiary/aromatic N) is 1. The molecule has 16 heavy (non-hydrogen) atoms. The maximum Gasteiger partial charge on any atom is 0.145 e. The smallest absolute Gasteiger partial charge is 0.145 e. The second-order valence-electron chi connectivity index (χ2n) is 3.98. The monoisotopic (exact) mass is 231 g/mol. The molecule has 0 aliphatic carbocycles. The minimum absolute atomic E-state index is 0.542. The van der Waals surface area contributed by atoms with Crippen molar-refractivity contribution < 1.29 is 0 Å². The van der Waals surface area contributed by atoms with Crippen molar-refractivity contribution in [1.29, 1.82) is 0 Å². The molecule has 3 rings (SSSR count). The van der Waals surface area contributed by atoms with Crippen LogP contribution in [0.25, 0.3) is 11.3 Å². The highest BCUT2D eigenvalue weighted by atomic mass is 32.2. The lowest BCUT2D eigenvalue weighted by Gasteiger charge is -2.15. The predicted molar refractivity (Wildman–Crippen MR) is 67.5 cm³/mol. The molecule has 0 spiro atoms. The summed E-state index contributed by atoms with van der Waals surface area (Å²) >= 11 is 1.94. The molecule has 0 unspecified atom stereocenters. The van der Waals surface area contributed by atoms with Gasteiger partial charge in [0.2, 0.25) is 0 Å². The Labute approximate surface area is 98.4 Å². The fraction of sp³-hybridized carbons (Fsp3) is 0.250. The first-order chi connectivity index (χ1) is 7.83. The lowest BCUT2D eigenvalue weighted by Crippen LogP contribution is -1.98. The van der Waals surface area contributed by atoms with Gasteiger partial charge >= 0.3 is 0 Å². The fourth-order valence-electron chi connectivity index (χ4n) is 1.99. The van der Waals surface area contributed by atoms with Crippen molar-refractivity contribution in [3.63, 3.8) is 0 Å². The number of benzene rings is 1. The summed E-state index contributed by atoms with van der Waals surface area (Å²) in [5.74, 6) is 1.77. The summed E-state index contributed by atoms with van der Waals surface area (Å²) in [7, 11) is 0. The van der Waals surface area contributed by atoms with E-state index in [-0.39, 0.29) is 0 Å². The summed E-state index contributed by atoms with van der Waals surface area (Å²) in [6.07, 6.45) is 2.49. The Morgan fingerprint density at radius 1 is 1.31 bits per heavy atom. The summed E-state index contributed by atoms with van der Waals surface area (Å²) in [5.41, 5.74) is 9.23. The number of hydrogen-bond acceptors (Lipinski definition) is 3. The molecule has 0 fully saturated rings. The van der Waals surface area contributed by atoms with Crippen molar-refractivity contribution in [2.45, 2.75) is 17.7 Å². The van der Waals surface area contributed by atoms with Crippen molar-refractivity contribution in [2.24, 2.45) is 0 Å². The van der Waals surface area contributed by atoms with E-state index >= 15 is 0 Å². The number of aryl methyl sites for hydroxylation is 1. The van der Waals surface area contributed by atoms with E-state index in [4.69, 9.17) is 5.73 Å². The number of aromatic nitrogens is 2. The van der Waals surface area contributed by atoms with E-state index in [9.17, 15) is 0 Å². The molecule has 0 atom stereocenters. The van der Waals surface area contributed by atoms with Crippen LogP contribution in [-0.4, -0.2) is 16.0 Å². The van der Waals surface area contributed by atoms with Gasteiger partial charge in [-0.25, -0.2) is 0 Å². The molecule has 1 aliphatic rings. The van der Waals surface area contributed by atoms with E-state index in [1.807, 2.05) is 17.8 Å². The van der Waals surface area contributed by atoms with Crippen LogP contribution in [0, 0.1) is 0 Å². The van der Waals surface area contributed by atoms with Gasteiger partial charge in [-0.1, -0.05) is 12.1 Å². The molecule has 0 amide bonds. The molecular formula is C12H13N3S. The highest BCUT2D eigenvalue weighted by Gasteiger charge is 2.11. The first-order valence-electron chi connectivity index (χ1n) is 5.40. The molecule has 2 aromatic rings. The predicted octanol–water partition coefficient (Wildman–Crippen LogP) is 2.70. The van der Waals surface area contributed by atoms with Crippen LogP contribution in [0.5, 0.6) is 0 Å². The highest BCUT2D eigenvalue weighted by Crippen LogP contribution is 2.33. The fourth-order valence-corrected chi connectivity index (χ4v) is 3.07. The summed E-state index contributed by atoms with van der Waals surface area (Å²) < 4.78 is 0. The third kappa shape index (κ3) is 1.69. The molecule has 0 radical (unpaired) electrons. The minimum atomic E-state index is 0.542. The molecule has 0 bridgehead atoms. The Morgan fingerprint density at radius 3 is 3.06 bits per heavy atom. The quantitative estimate of drug-likeness (QED) is 0.793. The number of nitrogens with one attached hydrogen (secondary N) is 1. The SMILES string of the molecule is Nc1cc(-c2ccc3c(c2)SCCC3)[nH]n1. The molecule has 1 aliphatic heterocycles. The zero-order valence-corrected chi connectivity index (χ0v) is 9.68. The molecule has 82 valence electrons. The van der Waals surface area contributed by atoms with Gasteiger partial charge < -0.3 is 5.73 Å². The van der Waals surface area contributed by atoms with E-state index < -0.39 is 0 Å². The standard InChI is InChI=1S/C12H13N3S/c13-12-7-10(14-15-12)9-4-3-8-2-1-5-16-11(8)6-9/h3-4,6-7H,1-2,5H2,(H3,13,14,15). The molecule has 3 nitrogen and oxygen atoms in total. The van der Waals surface area contributed by atoms with Gasteiger partial charge in [-0.3, -0.25) is 5.10 Å². The molecule has 4 heteroatoms. The number of nitrogen functional groups attached to an aromatic ring is 1. The Kier molecular flexibility index (Phi) is 2.36. The van der Waals surface area contributed by atoms with Gasteiger partial charge in [-0.2, -0.15) is 5.10 Å². The zero-order valence-electron chi connectivity index (χ0n) is 8.86. The Morgan fingerprint density at radius 2 is 2.25 bits per heavy atom. The maximum absolute atomic E-state index is 5.61. The summed E-state index contributed by atoms with van der Waals surface area (Å²) in [4.78, 5) is 1.40. The van der Waals surface area contributed by atoms with Crippen LogP contribution in [0.1, 0.15) is 12.0 Å². The van der Waals surface area contributed by atoms with E-state index in [1.54, 1.807) is 0 Å². The van der Waals surface area contributed by atoms with Crippen LogP contribution in [-0.2, 0) is 6.42 Å². The van der Waals surface area contributed by atoms with E-state index in [2.05, 4.69) is 28.4 Å². The molecule has 0 saturated carbocycles. The summed E-state index contributed by atoms with van der Waals surface area (Å²) in [6.45, 7) is 0. The normalized spacial score (nSPS) is 14.8. The van der Waals surface area contributed by atoms with Crippen molar-refractivity contribution >= 4 is 17.6 Å². The topological polar surface area (TPSA) is 54.7 Å². The molecule has 0 saturated heterocycles. The number of hydrogen-bond donors (Lipinski definition) is 2. The number of aromatic amines is 1. The van der Waals surface area contributed by atoms with Gasteiger partial charge in [-0.15, -0.1) is 11.8 Å². The third-order valence-electron chi connectivity index (χ3n) is 2.82. The summed E-state index contributed by atoms with van der Waals surface area (Å²) in [5, 5.41) is 6.90. The van der Waals surface area contributed by atoms with Crippen molar-refractivity contribution in [3.05, 3.63) is 29.8 Å². The van der Waals surface area contributed by atoms with Crippen LogP contribution in [0.3, 0.4) is 0 Å². The van der Waals surface area contributed by atoms with E-state index in [0.717, 1.165) is 11.3 Å². The first kappa shape index (κ1) is 9.78. The zero-order chi connectivity index (χ0) is 11.0. The Balaban J connectivity index is 2.02. The van der Waals surface area contributed by atoms with Crippen LogP contribution in [0.15, 0.2) is 29.2 Å². The highest BCUT2D eigenvalue weighted by molar-refractivity contribution is 7.99. The van der Waals surface area contributed by atoms with Gasteiger partial charge in [0.25, 0.3) is 0 Å². The average Bonchev–Trinajstić information content (AvgIpc) is 2.75. The number of anilines is 1. The average molecular weight is 231 g/mol. The number of nitrogens with two attached hydrogens (primary N) is 1. The van der Waals surface area contributed by atoms with Gasteiger partial charge in [0.1, 0.15) is 5.82 Å². The Hall–Kier alpha value is -1.42. The second kappa shape index (κ2) is 3.87. The van der Waals surface area contributed by atoms with Crippen LogP contribution in [0.2, 0.25) is 0 Å². The number of rotatable bonds is 1. The minimum Gasteiger partial charge on any atom is -0.382 e. The number of thioether (sulfide) groups is 1. The van der Waals surface area contributed by atoms with Crippen molar-refractivity contribution in [1.82, 2.24) is 10.2 Å². The second-order valence-corrected chi connectivity index (χ2v) is 5.12. The van der Waals surface area contributed by atoms with Crippen LogP contribution >= 0.6 is 11.8 Å². The molecule has 2 heterocycles. The first-order valence-corrected chi connectivity index (χ1v) is 6.38. The molecule has 1 aromatic carbocycles. The van der Waals surface area contributed by atoms with Gasteiger partial charge in [0.15, 0.2) is 0 Å².